The fourth-order valence-corrected chi connectivity index (χ4v) is 3.21. The van der Waals surface area contributed by atoms with Gasteiger partial charge in [-0.05, 0) is 67.1 Å². The first kappa shape index (κ1) is 14.2. The van der Waals surface area contributed by atoms with E-state index in [2.05, 4.69) is 35.6 Å². The molecular formula is C19H23NO. The van der Waals surface area contributed by atoms with E-state index in [-0.39, 0.29) is 0 Å². The molecule has 0 spiro atoms. The Labute approximate surface area is 127 Å². The summed E-state index contributed by atoms with van der Waals surface area (Å²) in [6.45, 7) is 0. The highest BCUT2D eigenvalue weighted by atomic mass is 16.5. The normalized spacial score (nSPS) is 14.8. The molecule has 1 atom stereocenters. The first-order valence-electron chi connectivity index (χ1n) is 7.72. The fourth-order valence-electron chi connectivity index (χ4n) is 3.21. The molecule has 0 saturated heterocycles. The third-order valence-corrected chi connectivity index (χ3v) is 4.47. The Hall–Kier alpha value is -1.80. The topological polar surface area (TPSA) is 21.3 Å². The average molecular weight is 281 g/mol. The van der Waals surface area contributed by atoms with E-state index in [0.717, 1.165) is 12.2 Å². The molecule has 2 heteroatoms. The Kier molecular flexibility index (Phi) is 4.26. The van der Waals surface area contributed by atoms with Gasteiger partial charge in [0.1, 0.15) is 5.75 Å². The van der Waals surface area contributed by atoms with Gasteiger partial charge in [0.05, 0.1) is 7.11 Å². The molecule has 1 unspecified atom stereocenters. The van der Waals surface area contributed by atoms with E-state index in [9.17, 15) is 0 Å². The van der Waals surface area contributed by atoms with Gasteiger partial charge in [0.25, 0.3) is 0 Å². The number of fused-ring (bicyclic) bond motifs is 1. The van der Waals surface area contributed by atoms with Crippen LogP contribution in [0.3, 0.4) is 0 Å². The highest BCUT2D eigenvalue weighted by molar-refractivity contribution is 5.37. The smallest absolute Gasteiger partial charge is 0.118 e. The van der Waals surface area contributed by atoms with Crippen LogP contribution in [0.1, 0.15) is 34.7 Å². The first-order valence-corrected chi connectivity index (χ1v) is 7.72. The lowest BCUT2D eigenvalue weighted by Crippen LogP contribution is -2.18. The molecule has 0 fully saturated rings. The van der Waals surface area contributed by atoms with Crippen molar-refractivity contribution in [2.24, 2.45) is 0 Å². The predicted octanol–water partition coefficient (Wildman–Crippen LogP) is 3.69. The summed E-state index contributed by atoms with van der Waals surface area (Å²) in [4.78, 5) is 0. The Balaban J connectivity index is 1.77. The van der Waals surface area contributed by atoms with Gasteiger partial charge in [-0.1, -0.05) is 30.3 Å². The molecule has 0 saturated carbocycles. The highest BCUT2D eigenvalue weighted by Crippen LogP contribution is 2.26. The van der Waals surface area contributed by atoms with Crippen molar-refractivity contribution in [3.05, 3.63) is 64.7 Å². The summed E-state index contributed by atoms with van der Waals surface area (Å²) in [6, 6.07) is 15.7. The van der Waals surface area contributed by atoms with Gasteiger partial charge in [0.2, 0.25) is 0 Å². The van der Waals surface area contributed by atoms with Crippen molar-refractivity contribution in [2.45, 2.75) is 31.7 Å². The second kappa shape index (κ2) is 6.31. The summed E-state index contributed by atoms with van der Waals surface area (Å²) in [5.74, 6) is 0.908. The van der Waals surface area contributed by atoms with Gasteiger partial charge in [0.15, 0.2) is 0 Å². The van der Waals surface area contributed by atoms with Crippen LogP contribution in [0.15, 0.2) is 42.5 Å². The van der Waals surface area contributed by atoms with Crippen molar-refractivity contribution in [3.8, 4) is 5.75 Å². The van der Waals surface area contributed by atoms with E-state index in [1.807, 2.05) is 19.2 Å². The number of hydrogen-bond acceptors (Lipinski definition) is 2. The minimum absolute atomic E-state index is 0.343. The van der Waals surface area contributed by atoms with Crippen LogP contribution < -0.4 is 10.1 Å². The van der Waals surface area contributed by atoms with Crippen molar-refractivity contribution in [1.29, 1.82) is 0 Å². The van der Waals surface area contributed by atoms with Gasteiger partial charge in [-0.25, -0.2) is 0 Å². The summed E-state index contributed by atoms with van der Waals surface area (Å²) in [6.07, 6.45) is 4.84. The van der Waals surface area contributed by atoms with Gasteiger partial charge in [-0.15, -0.1) is 0 Å². The van der Waals surface area contributed by atoms with Crippen LogP contribution in [-0.4, -0.2) is 14.2 Å². The van der Waals surface area contributed by atoms with Gasteiger partial charge in [0, 0.05) is 6.04 Å². The number of aryl methyl sites for hydroxylation is 2. The van der Waals surface area contributed by atoms with E-state index in [1.54, 1.807) is 18.2 Å². The molecule has 3 rings (SSSR count). The minimum atomic E-state index is 0.343. The maximum Gasteiger partial charge on any atom is 0.118 e. The molecule has 1 aliphatic carbocycles. The largest absolute Gasteiger partial charge is 0.497 e. The van der Waals surface area contributed by atoms with Crippen molar-refractivity contribution >= 4 is 0 Å². The zero-order chi connectivity index (χ0) is 14.7. The second-order valence-electron chi connectivity index (χ2n) is 5.78. The highest BCUT2D eigenvalue weighted by Gasteiger charge is 2.14. The second-order valence-corrected chi connectivity index (χ2v) is 5.78. The van der Waals surface area contributed by atoms with Gasteiger partial charge >= 0.3 is 0 Å². The molecule has 0 aromatic heterocycles. The monoisotopic (exact) mass is 281 g/mol. The third kappa shape index (κ3) is 3.11. The van der Waals surface area contributed by atoms with Crippen LogP contribution in [-0.2, 0) is 19.3 Å². The van der Waals surface area contributed by atoms with E-state index in [4.69, 9.17) is 4.74 Å². The molecule has 0 radical (unpaired) electrons. The van der Waals surface area contributed by atoms with Crippen LogP contribution in [0.2, 0.25) is 0 Å². The van der Waals surface area contributed by atoms with Crippen molar-refractivity contribution in [3.63, 3.8) is 0 Å². The number of nitrogens with one attached hydrogen (secondary N) is 1. The SMILES string of the molecule is CNC(Cc1ccc2c(c1)CCC2)c1ccc(OC)cc1. The molecule has 2 nitrogen and oxygen atoms in total. The third-order valence-electron chi connectivity index (χ3n) is 4.47. The Morgan fingerprint density at radius 1 is 1.05 bits per heavy atom. The predicted molar refractivity (Wildman–Crippen MR) is 87.0 cm³/mol. The van der Waals surface area contributed by atoms with E-state index < -0.39 is 0 Å². The summed E-state index contributed by atoms with van der Waals surface area (Å²) in [5.41, 5.74) is 5.82. The zero-order valence-electron chi connectivity index (χ0n) is 12.9. The molecule has 0 aliphatic heterocycles. The molecule has 0 amide bonds. The molecule has 21 heavy (non-hydrogen) atoms. The van der Waals surface area contributed by atoms with Crippen LogP contribution >= 0.6 is 0 Å². The molecule has 1 aliphatic rings. The van der Waals surface area contributed by atoms with Crippen LogP contribution in [0.25, 0.3) is 0 Å². The molecule has 0 bridgehead atoms. The maximum atomic E-state index is 5.23. The van der Waals surface area contributed by atoms with Crippen molar-refractivity contribution < 1.29 is 4.74 Å². The minimum Gasteiger partial charge on any atom is -0.497 e. The molecule has 1 N–H and O–H groups in total. The molecule has 110 valence electrons. The van der Waals surface area contributed by atoms with Gasteiger partial charge in [-0.2, -0.15) is 0 Å². The summed E-state index contributed by atoms with van der Waals surface area (Å²) in [7, 11) is 3.73. The lowest BCUT2D eigenvalue weighted by molar-refractivity contribution is 0.414. The first-order chi connectivity index (χ1) is 10.3. The number of benzene rings is 2. The molecule has 0 heterocycles. The fraction of sp³-hybridized carbons (Fsp3) is 0.368. The average Bonchev–Trinajstić information content (AvgIpc) is 3.00. The summed E-state index contributed by atoms with van der Waals surface area (Å²) < 4.78 is 5.23. The van der Waals surface area contributed by atoms with E-state index >= 15 is 0 Å². The number of hydrogen-bond donors (Lipinski definition) is 1. The maximum absolute atomic E-state index is 5.23. The van der Waals surface area contributed by atoms with E-state index in [0.29, 0.717) is 6.04 Å². The number of likely N-dealkylation sites (N-methyl/N-ethyl adjacent to an activating group) is 1. The van der Waals surface area contributed by atoms with Crippen molar-refractivity contribution in [1.82, 2.24) is 5.32 Å². The summed E-state index contributed by atoms with van der Waals surface area (Å²) in [5, 5.41) is 3.43. The number of methoxy groups -OCH3 is 1. The Morgan fingerprint density at radius 3 is 2.52 bits per heavy atom. The number of rotatable bonds is 5. The lowest BCUT2D eigenvalue weighted by Gasteiger charge is -2.18. The standard InChI is InChI=1S/C19H23NO/c1-20-19(16-8-10-18(21-2)11-9-16)13-14-6-7-15-4-3-5-17(15)12-14/h6-12,19-20H,3-5,13H2,1-2H3. The molecule has 2 aromatic rings. The van der Waals surface area contributed by atoms with Gasteiger partial charge in [-0.3, -0.25) is 0 Å². The van der Waals surface area contributed by atoms with Crippen LogP contribution in [0.5, 0.6) is 5.75 Å². The van der Waals surface area contributed by atoms with Gasteiger partial charge < -0.3 is 10.1 Å². The Bertz CT molecular complexity index is 603. The Morgan fingerprint density at radius 2 is 1.81 bits per heavy atom. The van der Waals surface area contributed by atoms with Crippen LogP contribution in [0, 0.1) is 0 Å². The lowest BCUT2D eigenvalue weighted by atomic mass is 9.96. The summed E-state index contributed by atoms with van der Waals surface area (Å²) >= 11 is 0. The number of ether oxygens (including phenoxy) is 1. The van der Waals surface area contributed by atoms with E-state index in [1.165, 1.54) is 30.4 Å². The quantitative estimate of drug-likeness (QED) is 0.902. The zero-order valence-corrected chi connectivity index (χ0v) is 12.9. The van der Waals surface area contributed by atoms with Crippen LogP contribution in [0.4, 0.5) is 0 Å². The molecule has 2 aromatic carbocycles. The molecular weight excluding hydrogens is 258 g/mol. The van der Waals surface area contributed by atoms with Crippen molar-refractivity contribution in [2.75, 3.05) is 14.2 Å².